The van der Waals surface area contributed by atoms with Crippen LogP contribution in [0.25, 0.3) is 17.2 Å². The second-order valence-electron chi connectivity index (χ2n) is 10.2. The fraction of sp³-hybridized carbons (Fsp3) is 0.0312. The van der Waals surface area contributed by atoms with Crippen molar-refractivity contribution < 1.29 is 43.9 Å². The van der Waals surface area contributed by atoms with Gasteiger partial charge in [-0.3, -0.25) is 4.99 Å². The molecule has 0 spiro atoms. The third-order valence-electron chi connectivity index (χ3n) is 7.43. The van der Waals surface area contributed by atoms with E-state index in [2.05, 4.69) is 20.0 Å². The van der Waals surface area contributed by atoms with Gasteiger partial charge in [0.15, 0.2) is 46.5 Å². The fourth-order valence-electron chi connectivity index (χ4n) is 5.36. The summed E-state index contributed by atoms with van der Waals surface area (Å²) < 4.78 is 145. The lowest BCUT2D eigenvalue weighted by Gasteiger charge is -2.14. The molecular weight excluding hydrogens is 630 g/mol. The van der Waals surface area contributed by atoms with E-state index in [9.17, 15) is 26.3 Å². The Morgan fingerprint density at radius 2 is 1.15 bits per heavy atom. The molecule has 0 radical (unpaired) electrons. The van der Waals surface area contributed by atoms with Gasteiger partial charge in [0.2, 0.25) is 11.6 Å². The number of aromatic amines is 1. The number of hydrogen-bond donors (Lipinski definition) is 1. The number of nitrogens with one attached hydrogen (secondary N) is 1. The smallest absolute Gasteiger partial charge is 0.200 e. The molecule has 0 atom stereocenters. The van der Waals surface area contributed by atoms with Crippen molar-refractivity contribution in [3.63, 3.8) is 0 Å². The zero-order valence-electron chi connectivity index (χ0n) is 22.5. The van der Waals surface area contributed by atoms with Crippen molar-refractivity contribution in [1.29, 1.82) is 0 Å². The Bertz CT molecular complexity index is 2270. The Hall–Kier alpha value is -5.53. The molecule has 4 nitrogen and oxygen atoms in total. The molecule has 0 saturated heterocycles. The Balaban J connectivity index is 1.49. The number of rotatable bonds is 2. The number of H-pyrrole nitrogens is 1. The molecule has 7 rings (SSSR count). The molecule has 4 aliphatic heterocycles. The minimum absolute atomic E-state index is 0.0420. The molecular formula is C32H12F10N4. The molecule has 5 heterocycles. The van der Waals surface area contributed by atoms with E-state index < -0.39 is 80.4 Å². The van der Waals surface area contributed by atoms with Gasteiger partial charge in [-0.05, 0) is 54.2 Å². The van der Waals surface area contributed by atoms with E-state index in [1.807, 2.05) is 0 Å². The van der Waals surface area contributed by atoms with Crippen molar-refractivity contribution >= 4 is 34.4 Å². The highest BCUT2D eigenvalue weighted by atomic mass is 19.2. The largest absolute Gasteiger partial charge is 0.355 e. The minimum atomic E-state index is -2.33. The van der Waals surface area contributed by atoms with Crippen LogP contribution in [0.5, 0.6) is 0 Å². The molecule has 0 unspecified atom stereocenters. The summed E-state index contributed by atoms with van der Waals surface area (Å²) in [6.45, 7) is 0. The van der Waals surface area contributed by atoms with E-state index in [0.29, 0.717) is 0 Å². The lowest BCUT2D eigenvalue weighted by molar-refractivity contribution is 0.376. The van der Waals surface area contributed by atoms with Crippen LogP contribution in [-0.4, -0.2) is 22.1 Å². The van der Waals surface area contributed by atoms with Crippen LogP contribution in [0.15, 0.2) is 80.7 Å². The van der Waals surface area contributed by atoms with Gasteiger partial charge in [0.25, 0.3) is 0 Å². The van der Waals surface area contributed by atoms with Crippen LogP contribution in [-0.2, 0) is 0 Å². The Morgan fingerprint density at radius 3 is 1.78 bits per heavy atom. The number of halogens is 10. The first-order valence-corrected chi connectivity index (χ1v) is 13.1. The summed E-state index contributed by atoms with van der Waals surface area (Å²) in [6.07, 6.45) is 8.91. The van der Waals surface area contributed by atoms with Gasteiger partial charge < -0.3 is 4.98 Å². The summed E-state index contributed by atoms with van der Waals surface area (Å²) in [5, 5.41) is 0.113. The van der Waals surface area contributed by atoms with Crippen molar-refractivity contribution in [1.82, 2.24) is 4.98 Å². The predicted molar refractivity (Wildman–Crippen MR) is 148 cm³/mol. The number of nitrogens with zero attached hydrogens (tertiary/aromatic N) is 3. The first kappa shape index (κ1) is 29.2. The Morgan fingerprint density at radius 1 is 0.565 bits per heavy atom. The predicted octanol–water partition coefficient (Wildman–Crippen LogP) is 6.44. The molecule has 0 fully saturated rings. The van der Waals surface area contributed by atoms with Gasteiger partial charge in [-0.15, -0.1) is 0 Å². The Kier molecular flexibility index (Phi) is 6.69. The SMILES string of the molecule is Fc1c(F)c(F)c(C2=C3C=CC(=N3)C=C3C=CC(=N3)C(c3c(F)c(F)c(F)c(F)c3F)=c3ccc([nH]3)=CC3=NC=C2C3)c(F)c1F. The number of aliphatic imine (C=N–C) groups is 3. The van der Waals surface area contributed by atoms with E-state index in [-0.39, 0.29) is 51.2 Å². The maximum absolute atomic E-state index is 15.1. The standard InChI is InChI=1S/C32H12F10N4/c33-23-21(24(34)28(38)31(41)27(23)37)19-11-7-15(43-10-11)9-14-3-6-18(46-14)20(22-25(35)29(39)32(42)30(40)26(22)36)17-5-2-13(45-17)8-12-1-4-16(19)44-12/h1-6,8-10,46H,7H2. The number of fused-ring (bicyclic) bond motifs is 6. The normalized spacial score (nSPS) is 16.9. The lowest BCUT2D eigenvalue weighted by atomic mass is 9.92. The van der Waals surface area contributed by atoms with Crippen LogP contribution < -0.4 is 10.7 Å². The summed E-state index contributed by atoms with van der Waals surface area (Å²) in [5.74, 6) is -21.6. The van der Waals surface area contributed by atoms with Crippen molar-refractivity contribution in [3.05, 3.63) is 146 Å². The lowest BCUT2D eigenvalue weighted by Crippen LogP contribution is -2.21. The van der Waals surface area contributed by atoms with Gasteiger partial charge in [-0.25, -0.2) is 53.9 Å². The maximum atomic E-state index is 15.1. The summed E-state index contributed by atoms with van der Waals surface area (Å²) >= 11 is 0. The van der Waals surface area contributed by atoms with Crippen LogP contribution in [0.2, 0.25) is 0 Å². The quantitative estimate of drug-likeness (QED) is 0.190. The number of allylic oxidation sites excluding steroid dienone is 7. The number of benzene rings is 2. The average Bonchev–Trinajstić information content (AvgIpc) is 3.87. The zero-order chi connectivity index (χ0) is 32.6. The van der Waals surface area contributed by atoms with Crippen LogP contribution in [0.4, 0.5) is 43.9 Å². The molecule has 1 N–H and O–H groups in total. The van der Waals surface area contributed by atoms with Gasteiger partial charge in [0.05, 0.1) is 33.9 Å². The third kappa shape index (κ3) is 4.43. The highest BCUT2D eigenvalue weighted by Crippen LogP contribution is 2.39. The fourth-order valence-corrected chi connectivity index (χ4v) is 5.36. The summed E-state index contributed by atoms with van der Waals surface area (Å²) in [6, 6.07) is 2.70. The Labute approximate surface area is 250 Å². The summed E-state index contributed by atoms with van der Waals surface area (Å²) in [4.78, 5) is 15.6. The molecule has 8 bridgehead atoms. The first-order chi connectivity index (χ1) is 21.9. The molecule has 4 aliphatic rings. The van der Waals surface area contributed by atoms with Crippen molar-refractivity contribution in [3.8, 4) is 0 Å². The molecule has 1 aromatic heterocycles. The molecule has 0 saturated carbocycles. The van der Waals surface area contributed by atoms with Crippen LogP contribution in [0, 0.1) is 58.2 Å². The van der Waals surface area contributed by atoms with E-state index >= 15 is 17.6 Å². The van der Waals surface area contributed by atoms with E-state index in [1.54, 1.807) is 0 Å². The average molecular weight is 642 g/mol. The van der Waals surface area contributed by atoms with Gasteiger partial charge in [0, 0.05) is 40.2 Å². The highest BCUT2D eigenvalue weighted by Gasteiger charge is 2.33. The van der Waals surface area contributed by atoms with Gasteiger partial charge in [-0.1, -0.05) is 0 Å². The van der Waals surface area contributed by atoms with Crippen LogP contribution >= 0.6 is 0 Å². The van der Waals surface area contributed by atoms with Gasteiger partial charge >= 0.3 is 0 Å². The van der Waals surface area contributed by atoms with Crippen molar-refractivity contribution in [2.45, 2.75) is 6.42 Å². The van der Waals surface area contributed by atoms with E-state index in [4.69, 9.17) is 0 Å². The minimum Gasteiger partial charge on any atom is -0.355 e. The summed E-state index contributed by atoms with van der Waals surface area (Å²) in [5.41, 5.74) is -3.25. The molecule has 3 aromatic rings. The van der Waals surface area contributed by atoms with Crippen LogP contribution in [0.1, 0.15) is 17.5 Å². The monoisotopic (exact) mass is 642 g/mol. The molecule has 14 heteroatoms. The van der Waals surface area contributed by atoms with Crippen molar-refractivity contribution in [2.75, 3.05) is 0 Å². The number of aromatic nitrogens is 1. The molecule has 2 aromatic carbocycles. The topological polar surface area (TPSA) is 52.9 Å². The van der Waals surface area contributed by atoms with Crippen molar-refractivity contribution in [2.24, 2.45) is 15.0 Å². The molecule has 46 heavy (non-hydrogen) atoms. The molecule has 230 valence electrons. The third-order valence-corrected chi connectivity index (χ3v) is 7.43. The molecule has 0 aliphatic carbocycles. The van der Waals surface area contributed by atoms with Gasteiger partial charge in [-0.2, -0.15) is 0 Å². The van der Waals surface area contributed by atoms with E-state index in [1.165, 1.54) is 48.6 Å². The molecule has 0 amide bonds. The van der Waals surface area contributed by atoms with E-state index in [0.717, 1.165) is 6.20 Å². The summed E-state index contributed by atoms with van der Waals surface area (Å²) in [7, 11) is 0. The van der Waals surface area contributed by atoms with Crippen LogP contribution in [0.3, 0.4) is 0 Å². The second kappa shape index (κ2) is 10.5. The van der Waals surface area contributed by atoms with Gasteiger partial charge in [0.1, 0.15) is 0 Å². The highest BCUT2D eigenvalue weighted by molar-refractivity contribution is 6.30. The number of hydrogen-bond acceptors (Lipinski definition) is 3. The maximum Gasteiger partial charge on any atom is 0.200 e. The zero-order valence-corrected chi connectivity index (χ0v) is 22.5. The second-order valence-corrected chi connectivity index (χ2v) is 10.2. The first-order valence-electron chi connectivity index (χ1n) is 13.1.